The predicted molar refractivity (Wildman–Crippen MR) is 79.6 cm³/mol. The molecule has 1 heterocycles. The minimum atomic E-state index is 0.528. The van der Waals surface area contributed by atoms with E-state index in [0.29, 0.717) is 23.3 Å². The molecule has 0 bridgehead atoms. The van der Waals surface area contributed by atoms with Gasteiger partial charge < -0.3 is 9.73 Å². The zero-order valence-electron chi connectivity index (χ0n) is 11.8. The molecule has 0 saturated heterocycles. The van der Waals surface area contributed by atoms with Crippen LogP contribution in [0.1, 0.15) is 12.3 Å². The first-order valence-electron chi connectivity index (χ1n) is 6.60. The number of halogens is 1. The van der Waals surface area contributed by atoms with E-state index in [1.165, 1.54) is 0 Å². The van der Waals surface area contributed by atoms with E-state index < -0.39 is 0 Å². The van der Waals surface area contributed by atoms with Crippen LogP contribution in [-0.2, 0) is 6.54 Å². The zero-order chi connectivity index (χ0) is 14.4. The van der Waals surface area contributed by atoms with Crippen molar-refractivity contribution in [2.45, 2.75) is 13.0 Å². The van der Waals surface area contributed by atoms with Gasteiger partial charge in [-0.2, -0.15) is 0 Å². The van der Waals surface area contributed by atoms with Gasteiger partial charge in [0.2, 0.25) is 11.8 Å². The van der Waals surface area contributed by atoms with Crippen LogP contribution in [0.15, 0.2) is 28.7 Å². The molecule has 0 aliphatic heterocycles. The molecular formula is C14H19ClN4O. The van der Waals surface area contributed by atoms with Crippen molar-refractivity contribution in [2.75, 3.05) is 27.2 Å². The van der Waals surface area contributed by atoms with Crippen molar-refractivity contribution in [1.29, 1.82) is 0 Å². The number of benzene rings is 1. The van der Waals surface area contributed by atoms with Gasteiger partial charge in [0.15, 0.2) is 0 Å². The zero-order valence-corrected chi connectivity index (χ0v) is 12.5. The molecule has 6 heteroatoms. The number of nitrogens with zero attached hydrogens (tertiary/aromatic N) is 3. The van der Waals surface area contributed by atoms with Crippen LogP contribution in [0.2, 0.25) is 5.02 Å². The van der Waals surface area contributed by atoms with Gasteiger partial charge in [0, 0.05) is 10.6 Å². The van der Waals surface area contributed by atoms with E-state index in [1.54, 1.807) is 0 Å². The van der Waals surface area contributed by atoms with Crippen LogP contribution in [0, 0.1) is 0 Å². The molecule has 0 fully saturated rings. The standard InChI is InChI=1S/C14H19ClN4O/c1-16-8-3-9-19(2)10-13-17-18-14(20-13)11-4-6-12(15)7-5-11/h4-7,16H,3,8-10H2,1-2H3. The second-order valence-corrected chi connectivity index (χ2v) is 5.14. The third-order valence-corrected chi connectivity index (χ3v) is 3.18. The van der Waals surface area contributed by atoms with Gasteiger partial charge >= 0.3 is 0 Å². The van der Waals surface area contributed by atoms with Gasteiger partial charge in [0.1, 0.15) is 0 Å². The number of rotatable bonds is 7. The maximum absolute atomic E-state index is 5.86. The summed E-state index contributed by atoms with van der Waals surface area (Å²) in [6.07, 6.45) is 1.09. The SMILES string of the molecule is CNCCCN(C)Cc1nnc(-c2ccc(Cl)cc2)o1. The van der Waals surface area contributed by atoms with Gasteiger partial charge in [-0.25, -0.2) is 0 Å². The van der Waals surface area contributed by atoms with Crippen molar-refractivity contribution in [3.63, 3.8) is 0 Å². The highest BCUT2D eigenvalue weighted by Crippen LogP contribution is 2.20. The average molecular weight is 295 g/mol. The van der Waals surface area contributed by atoms with Crippen LogP contribution < -0.4 is 5.32 Å². The molecule has 1 aromatic heterocycles. The molecule has 0 aliphatic rings. The Labute approximate surface area is 123 Å². The first-order chi connectivity index (χ1) is 9.69. The molecule has 0 unspecified atom stereocenters. The highest BCUT2D eigenvalue weighted by atomic mass is 35.5. The molecule has 0 saturated carbocycles. The fourth-order valence-corrected chi connectivity index (χ4v) is 1.99. The van der Waals surface area contributed by atoms with Crippen LogP contribution in [0.3, 0.4) is 0 Å². The predicted octanol–water partition coefficient (Wildman–Crippen LogP) is 2.43. The topological polar surface area (TPSA) is 54.2 Å². The monoisotopic (exact) mass is 294 g/mol. The molecule has 0 spiro atoms. The molecule has 5 nitrogen and oxygen atoms in total. The molecule has 108 valence electrons. The lowest BCUT2D eigenvalue weighted by Gasteiger charge is -2.13. The molecule has 1 aromatic carbocycles. The molecule has 2 rings (SSSR count). The smallest absolute Gasteiger partial charge is 0.247 e. The highest BCUT2D eigenvalue weighted by Gasteiger charge is 2.10. The lowest BCUT2D eigenvalue weighted by molar-refractivity contribution is 0.286. The van der Waals surface area contributed by atoms with Gasteiger partial charge in [0.25, 0.3) is 0 Å². The Morgan fingerprint density at radius 2 is 2.00 bits per heavy atom. The minimum Gasteiger partial charge on any atom is -0.419 e. The van der Waals surface area contributed by atoms with E-state index in [4.69, 9.17) is 16.0 Å². The number of hydrogen-bond donors (Lipinski definition) is 1. The number of aromatic nitrogens is 2. The number of nitrogens with one attached hydrogen (secondary N) is 1. The molecule has 0 radical (unpaired) electrons. The van der Waals surface area contributed by atoms with Gasteiger partial charge in [-0.3, -0.25) is 4.90 Å². The second-order valence-electron chi connectivity index (χ2n) is 4.70. The summed E-state index contributed by atoms with van der Waals surface area (Å²) in [6.45, 7) is 2.65. The van der Waals surface area contributed by atoms with Gasteiger partial charge in [0.05, 0.1) is 6.54 Å². The van der Waals surface area contributed by atoms with E-state index in [2.05, 4.69) is 20.4 Å². The highest BCUT2D eigenvalue weighted by molar-refractivity contribution is 6.30. The van der Waals surface area contributed by atoms with Crippen molar-refractivity contribution in [2.24, 2.45) is 0 Å². The van der Waals surface area contributed by atoms with Crippen molar-refractivity contribution in [3.8, 4) is 11.5 Å². The van der Waals surface area contributed by atoms with E-state index in [0.717, 1.165) is 25.1 Å². The molecule has 0 atom stereocenters. The van der Waals surface area contributed by atoms with Gasteiger partial charge in [-0.1, -0.05) is 11.6 Å². The molecule has 0 amide bonds. The van der Waals surface area contributed by atoms with Crippen molar-refractivity contribution >= 4 is 11.6 Å². The summed E-state index contributed by atoms with van der Waals surface area (Å²) in [7, 11) is 4.00. The Hall–Kier alpha value is -1.43. The van der Waals surface area contributed by atoms with Crippen LogP contribution in [-0.4, -0.2) is 42.3 Å². The molecule has 20 heavy (non-hydrogen) atoms. The summed E-state index contributed by atoms with van der Waals surface area (Å²) < 4.78 is 5.66. The van der Waals surface area contributed by atoms with Crippen LogP contribution >= 0.6 is 11.6 Å². The molecule has 0 aliphatic carbocycles. The van der Waals surface area contributed by atoms with Crippen molar-refractivity contribution in [1.82, 2.24) is 20.4 Å². The van der Waals surface area contributed by atoms with E-state index >= 15 is 0 Å². The number of hydrogen-bond acceptors (Lipinski definition) is 5. The largest absolute Gasteiger partial charge is 0.419 e. The van der Waals surface area contributed by atoms with Crippen molar-refractivity contribution in [3.05, 3.63) is 35.2 Å². The van der Waals surface area contributed by atoms with Crippen LogP contribution in [0.4, 0.5) is 0 Å². The maximum Gasteiger partial charge on any atom is 0.247 e. The Balaban J connectivity index is 1.93. The fraction of sp³-hybridized carbons (Fsp3) is 0.429. The lowest BCUT2D eigenvalue weighted by atomic mass is 10.2. The quantitative estimate of drug-likeness (QED) is 0.795. The van der Waals surface area contributed by atoms with E-state index in [1.807, 2.05) is 38.4 Å². The van der Waals surface area contributed by atoms with Crippen LogP contribution in [0.25, 0.3) is 11.5 Å². The van der Waals surface area contributed by atoms with Crippen molar-refractivity contribution < 1.29 is 4.42 Å². The summed E-state index contributed by atoms with van der Waals surface area (Å²) in [5, 5.41) is 12.0. The van der Waals surface area contributed by atoms with E-state index in [9.17, 15) is 0 Å². The Bertz CT molecular complexity index is 526. The van der Waals surface area contributed by atoms with Crippen LogP contribution in [0.5, 0.6) is 0 Å². The summed E-state index contributed by atoms with van der Waals surface area (Å²) in [4.78, 5) is 2.16. The lowest BCUT2D eigenvalue weighted by Crippen LogP contribution is -2.22. The minimum absolute atomic E-state index is 0.528. The van der Waals surface area contributed by atoms with Gasteiger partial charge in [-0.05, 0) is 57.9 Å². The third kappa shape index (κ3) is 4.30. The Morgan fingerprint density at radius 3 is 2.70 bits per heavy atom. The molecule has 2 aromatic rings. The average Bonchev–Trinajstić information content (AvgIpc) is 2.88. The van der Waals surface area contributed by atoms with Gasteiger partial charge in [-0.15, -0.1) is 10.2 Å². The maximum atomic E-state index is 5.86. The first kappa shape index (κ1) is 15.0. The normalized spacial score (nSPS) is 11.2. The molecular weight excluding hydrogens is 276 g/mol. The van der Waals surface area contributed by atoms with E-state index in [-0.39, 0.29) is 0 Å². The summed E-state index contributed by atoms with van der Waals surface area (Å²) in [5.41, 5.74) is 0.881. The first-order valence-corrected chi connectivity index (χ1v) is 6.98. The second kappa shape index (κ2) is 7.38. The Kier molecular flexibility index (Phi) is 5.52. The summed E-state index contributed by atoms with van der Waals surface area (Å²) in [6, 6.07) is 7.36. The fourth-order valence-electron chi connectivity index (χ4n) is 1.86. The summed E-state index contributed by atoms with van der Waals surface area (Å²) in [5.74, 6) is 1.15. The molecule has 1 N–H and O–H groups in total. The third-order valence-electron chi connectivity index (χ3n) is 2.93. The Morgan fingerprint density at radius 1 is 1.25 bits per heavy atom. The summed E-state index contributed by atoms with van der Waals surface area (Å²) >= 11 is 5.86.